The van der Waals surface area contributed by atoms with Crippen LogP contribution >= 0.6 is 22.7 Å². The van der Waals surface area contributed by atoms with Gasteiger partial charge in [0.2, 0.25) is 0 Å². The maximum Gasteiger partial charge on any atom is 0.265 e. The Hall–Kier alpha value is -1.24. The largest absolute Gasteiger partial charge is 0.341 e. The van der Waals surface area contributed by atoms with E-state index in [2.05, 4.69) is 18.8 Å². The van der Waals surface area contributed by atoms with E-state index in [1.807, 2.05) is 31.5 Å². The van der Waals surface area contributed by atoms with E-state index in [0.29, 0.717) is 12.5 Å². The van der Waals surface area contributed by atoms with Gasteiger partial charge in [0, 0.05) is 19.6 Å². The highest BCUT2D eigenvalue weighted by Crippen LogP contribution is 2.31. The molecule has 6 heteroatoms. The van der Waals surface area contributed by atoms with Gasteiger partial charge in [-0.3, -0.25) is 4.79 Å². The van der Waals surface area contributed by atoms with Crippen LogP contribution in [0.15, 0.2) is 17.5 Å². The second kappa shape index (κ2) is 7.35. The molecule has 0 saturated heterocycles. The monoisotopic (exact) mass is 337 g/mol. The molecule has 0 fully saturated rings. The number of rotatable bonds is 6. The quantitative estimate of drug-likeness (QED) is 0.876. The number of amides is 1. The lowest BCUT2D eigenvalue weighted by Gasteiger charge is -2.21. The number of hydrogen-bond acceptors (Lipinski definition) is 5. The van der Waals surface area contributed by atoms with Crippen LogP contribution in [0.3, 0.4) is 0 Å². The third-order valence-electron chi connectivity index (χ3n) is 3.72. The van der Waals surface area contributed by atoms with E-state index in [9.17, 15) is 4.79 Å². The summed E-state index contributed by atoms with van der Waals surface area (Å²) in [6.45, 7) is 6.78. The lowest BCUT2D eigenvalue weighted by atomic mass is 10.0. The van der Waals surface area contributed by atoms with Crippen molar-refractivity contribution in [2.75, 3.05) is 13.6 Å². The van der Waals surface area contributed by atoms with Gasteiger partial charge >= 0.3 is 0 Å². The minimum absolute atomic E-state index is 0.0359. The number of thiazole rings is 1. The molecule has 4 nitrogen and oxygen atoms in total. The first-order valence-corrected chi connectivity index (χ1v) is 9.12. The van der Waals surface area contributed by atoms with Gasteiger partial charge in [-0.05, 0) is 30.7 Å². The Morgan fingerprint density at radius 2 is 2.18 bits per heavy atom. The SMILES string of the molecule is Cc1nc(-c2cccs2)sc1C(=O)N(C)CCC(N)C(C)C. The fourth-order valence-electron chi connectivity index (χ4n) is 2.05. The molecule has 1 unspecified atom stereocenters. The summed E-state index contributed by atoms with van der Waals surface area (Å²) < 4.78 is 0. The van der Waals surface area contributed by atoms with Gasteiger partial charge in [0.1, 0.15) is 9.88 Å². The maximum absolute atomic E-state index is 12.6. The highest BCUT2D eigenvalue weighted by atomic mass is 32.1. The van der Waals surface area contributed by atoms with Crippen LogP contribution in [0, 0.1) is 12.8 Å². The van der Waals surface area contributed by atoms with Crippen LogP contribution < -0.4 is 5.73 Å². The number of carbonyl (C=O) groups excluding carboxylic acids is 1. The Labute approximate surface area is 140 Å². The van der Waals surface area contributed by atoms with Crippen molar-refractivity contribution in [2.24, 2.45) is 11.7 Å². The molecule has 2 rings (SSSR count). The molecule has 0 aliphatic carbocycles. The van der Waals surface area contributed by atoms with Gasteiger partial charge in [-0.2, -0.15) is 0 Å². The normalized spacial score (nSPS) is 12.6. The Morgan fingerprint density at radius 1 is 1.45 bits per heavy atom. The van der Waals surface area contributed by atoms with E-state index < -0.39 is 0 Å². The first-order valence-electron chi connectivity index (χ1n) is 7.42. The molecule has 1 amide bonds. The molecule has 0 saturated carbocycles. The van der Waals surface area contributed by atoms with E-state index in [0.717, 1.165) is 26.9 Å². The average molecular weight is 338 g/mol. The van der Waals surface area contributed by atoms with Crippen LogP contribution in [0.25, 0.3) is 9.88 Å². The predicted molar refractivity (Wildman–Crippen MR) is 94.6 cm³/mol. The second-order valence-electron chi connectivity index (χ2n) is 5.83. The van der Waals surface area contributed by atoms with Gasteiger partial charge in [0.25, 0.3) is 5.91 Å². The molecule has 0 aliphatic rings. The smallest absolute Gasteiger partial charge is 0.265 e. The van der Waals surface area contributed by atoms with Crippen molar-refractivity contribution in [1.82, 2.24) is 9.88 Å². The molecular formula is C16H23N3OS2. The fraction of sp³-hybridized carbons (Fsp3) is 0.500. The number of carbonyl (C=O) groups is 1. The van der Waals surface area contributed by atoms with E-state index in [1.54, 1.807) is 16.2 Å². The van der Waals surface area contributed by atoms with Crippen LogP contribution in [0.4, 0.5) is 0 Å². The summed E-state index contributed by atoms with van der Waals surface area (Å²) in [5.74, 6) is 0.466. The number of nitrogens with zero attached hydrogens (tertiary/aromatic N) is 2. The molecule has 0 aromatic carbocycles. The fourth-order valence-corrected chi connectivity index (χ4v) is 3.91. The van der Waals surface area contributed by atoms with E-state index in [4.69, 9.17) is 5.73 Å². The van der Waals surface area contributed by atoms with Gasteiger partial charge in [0.15, 0.2) is 0 Å². The third-order valence-corrected chi connectivity index (χ3v) is 5.91. The number of aromatic nitrogens is 1. The van der Waals surface area contributed by atoms with Crippen LogP contribution in [0.2, 0.25) is 0 Å². The first-order chi connectivity index (χ1) is 10.4. The molecule has 120 valence electrons. The van der Waals surface area contributed by atoms with Crippen molar-refractivity contribution in [1.29, 1.82) is 0 Å². The highest BCUT2D eigenvalue weighted by molar-refractivity contribution is 7.22. The van der Waals surface area contributed by atoms with Gasteiger partial charge in [-0.1, -0.05) is 19.9 Å². The molecule has 0 bridgehead atoms. The Balaban J connectivity index is 2.06. The Kier molecular flexibility index (Phi) is 5.72. The van der Waals surface area contributed by atoms with Crippen molar-refractivity contribution in [2.45, 2.75) is 33.2 Å². The lowest BCUT2D eigenvalue weighted by molar-refractivity contribution is 0.0793. The van der Waals surface area contributed by atoms with Crippen LogP contribution in [0.5, 0.6) is 0 Å². The zero-order chi connectivity index (χ0) is 16.3. The summed E-state index contributed by atoms with van der Waals surface area (Å²) >= 11 is 3.11. The van der Waals surface area contributed by atoms with Crippen molar-refractivity contribution in [3.8, 4) is 9.88 Å². The number of thiophene rings is 1. The Morgan fingerprint density at radius 3 is 2.77 bits per heavy atom. The molecule has 1 atom stereocenters. The van der Waals surface area contributed by atoms with Crippen molar-refractivity contribution in [3.63, 3.8) is 0 Å². The summed E-state index contributed by atoms with van der Waals surface area (Å²) in [5.41, 5.74) is 6.86. The van der Waals surface area contributed by atoms with Gasteiger partial charge in [-0.25, -0.2) is 4.98 Å². The number of nitrogens with two attached hydrogens (primary N) is 1. The second-order valence-corrected chi connectivity index (χ2v) is 7.78. The van der Waals surface area contributed by atoms with Gasteiger partial charge < -0.3 is 10.6 Å². The standard InChI is InChI=1S/C16H23N3OS2/c1-10(2)12(17)7-8-19(4)16(20)14-11(3)18-15(22-14)13-6-5-9-21-13/h5-6,9-10,12H,7-8,17H2,1-4H3. The summed E-state index contributed by atoms with van der Waals surface area (Å²) in [7, 11) is 1.83. The van der Waals surface area contributed by atoms with E-state index >= 15 is 0 Å². The molecule has 2 aromatic rings. The summed E-state index contributed by atoms with van der Waals surface area (Å²) in [5, 5.41) is 2.94. The number of aryl methyl sites for hydroxylation is 1. The van der Waals surface area contributed by atoms with Gasteiger partial charge in [0.05, 0.1) is 10.6 Å². The molecule has 0 spiro atoms. The molecular weight excluding hydrogens is 314 g/mol. The van der Waals surface area contributed by atoms with E-state index in [-0.39, 0.29) is 11.9 Å². The maximum atomic E-state index is 12.6. The van der Waals surface area contributed by atoms with Crippen molar-refractivity contribution in [3.05, 3.63) is 28.1 Å². The third kappa shape index (κ3) is 3.94. The zero-order valence-corrected chi connectivity index (χ0v) is 15.1. The molecule has 22 heavy (non-hydrogen) atoms. The molecule has 2 aromatic heterocycles. The average Bonchev–Trinajstić information content (AvgIpc) is 3.12. The molecule has 2 N–H and O–H groups in total. The van der Waals surface area contributed by atoms with Crippen molar-refractivity contribution >= 4 is 28.6 Å². The number of hydrogen-bond donors (Lipinski definition) is 1. The summed E-state index contributed by atoms with van der Waals surface area (Å²) in [6.07, 6.45) is 0.815. The highest BCUT2D eigenvalue weighted by Gasteiger charge is 2.20. The lowest BCUT2D eigenvalue weighted by Crippen LogP contribution is -2.34. The minimum Gasteiger partial charge on any atom is -0.341 e. The topological polar surface area (TPSA) is 59.2 Å². The van der Waals surface area contributed by atoms with Crippen LogP contribution in [0.1, 0.15) is 35.6 Å². The summed E-state index contributed by atoms with van der Waals surface area (Å²) in [4.78, 5) is 20.7. The van der Waals surface area contributed by atoms with Crippen molar-refractivity contribution < 1.29 is 4.79 Å². The Bertz CT molecular complexity index is 619. The molecule has 2 heterocycles. The molecule has 0 radical (unpaired) electrons. The summed E-state index contributed by atoms with van der Waals surface area (Å²) in [6, 6.07) is 4.15. The van der Waals surface area contributed by atoms with E-state index in [1.165, 1.54) is 11.3 Å². The molecule has 0 aliphatic heterocycles. The zero-order valence-electron chi connectivity index (χ0n) is 13.5. The van der Waals surface area contributed by atoms with Gasteiger partial charge in [-0.15, -0.1) is 22.7 Å². The first kappa shape index (κ1) is 17.1. The predicted octanol–water partition coefficient (Wildman–Crippen LogP) is 3.63. The minimum atomic E-state index is 0.0359. The van der Waals surface area contributed by atoms with Crippen LogP contribution in [-0.2, 0) is 0 Å². The van der Waals surface area contributed by atoms with Crippen LogP contribution in [-0.4, -0.2) is 35.4 Å².